The smallest absolute Gasteiger partial charge is 0.271 e. The molecule has 2 N–H and O–H groups in total. The Kier molecular flexibility index (Phi) is 3.00. The van der Waals surface area contributed by atoms with Crippen molar-refractivity contribution in [1.82, 2.24) is 20.6 Å². The molecule has 84 valence electrons. The van der Waals surface area contributed by atoms with Gasteiger partial charge in [-0.05, 0) is 0 Å². The molecule has 16 heavy (non-hydrogen) atoms. The van der Waals surface area contributed by atoms with Gasteiger partial charge >= 0.3 is 0 Å². The maximum atomic E-state index is 11.6. The van der Waals surface area contributed by atoms with E-state index in [-0.39, 0.29) is 28.7 Å². The summed E-state index contributed by atoms with van der Waals surface area (Å²) in [6.07, 6.45) is 2.89. The molecule has 1 aromatic rings. The van der Waals surface area contributed by atoms with E-state index in [1.54, 1.807) is 0 Å². The highest BCUT2D eigenvalue weighted by molar-refractivity contribution is 6.29. The lowest BCUT2D eigenvalue weighted by Crippen LogP contribution is -2.36. The normalized spacial score (nSPS) is 19.3. The average Bonchev–Trinajstić information content (AvgIpc) is 2.65. The molecule has 1 aliphatic heterocycles. The third-order valence-corrected chi connectivity index (χ3v) is 2.36. The van der Waals surface area contributed by atoms with E-state index in [0.717, 1.165) is 0 Å². The standard InChI is InChI=1S/C9H9ClN4O2/c10-7-4-11-6(3-12-7)9(16)14-5-1-8(15)13-2-5/h3-5H,1-2H2,(H,13,15)(H,14,16). The van der Waals surface area contributed by atoms with Crippen LogP contribution in [-0.2, 0) is 4.79 Å². The number of nitrogens with one attached hydrogen (secondary N) is 2. The number of hydrogen-bond donors (Lipinski definition) is 2. The summed E-state index contributed by atoms with van der Waals surface area (Å²) in [5.74, 6) is -0.418. The summed E-state index contributed by atoms with van der Waals surface area (Å²) in [5, 5.41) is 5.53. The van der Waals surface area contributed by atoms with Gasteiger partial charge in [0.25, 0.3) is 5.91 Å². The van der Waals surface area contributed by atoms with E-state index in [1.807, 2.05) is 0 Å². The Morgan fingerprint density at radius 3 is 2.88 bits per heavy atom. The minimum absolute atomic E-state index is 0.0625. The van der Waals surface area contributed by atoms with Crippen molar-refractivity contribution in [2.75, 3.05) is 6.54 Å². The Hall–Kier alpha value is -1.69. The van der Waals surface area contributed by atoms with Crippen LogP contribution in [0.1, 0.15) is 16.9 Å². The zero-order valence-corrected chi connectivity index (χ0v) is 8.99. The van der Waals surface area contributed by atoms with Gasteiger partial charge in [0.05, 0.1) is 18.4 Å². The number of amides is 2. The highest BCUT2D eigenvalue weighted by atomic mass is 35.5. The van der Waals surface area contributed by atoms with Gasteiger partial charge in [0.15, 0.2) is 0 Å². The molecule has 0 bridgehead atoms. The van der Waals surface area contributed by atoms with E-state index in [2.05, 4.69) is 20.6 Å². The summed E-state index contributed by atoms with van der Waals surface area (Å²) in [6.45, 7) is 0.450. The maximum absolute atomic E-state index is 11.6. The number of rotatable bonds is 2. The number of carbonyl (C=O) groups is 2. The molecule has 7 heteroatoms. The Morgan fingerprint density at radius 1 is 1.50 bits per heavy atom. The van der Waals surface area contributed by atoms with Crippen LogP contribution in [0.5, 0.6) is 0 Å². The van der Waals surface area contributed by atoms with Crippen LogP contribution in [-0.4, -0.2) is 34.4 Å². The molecule has 0 spiro atoms. The van der Waals surface area contributed by atoms with E-state index in [9.17, 15) is 9.59 Å². The summed E-state index contributed by atoms with van der Waals surface area (Å²) in [6, 6.07) is -0.183. The molecule has 0 radical (unpaired) electrons. The van der Waals surface area contributed by atoms with E-state index in [4.69, 9.17) is 11.6 Å². The fourth-order valence-electron chi connectivity index (χ4n) is 1.40. The van der Waals surface area contributed by atoms with Gasteiger partial charge in [-0.2, -0.15) is 0 Å². The first kappa shape index (κ1) is 10.8. The molecule has 1 atom stereocenters. The first-order valence-electron chi connectivity index (χ1n) is 4.70. The van der Waals surface area contributed by atoms with Crippen molar-refractivity contribution in [3.05, 3.63) is 23.2 Å². The highest BCUT2D eigenvalue weighted by Crippen LogP contribution is 2.03. The predicted molar refractivity (Wildman–Crippen MR) is 55.9 cm³/mol. The second-order valence-corrected chi connectivity index (χ2v) is 3.79. The molecule has 2 heterocycles. The summed E-state index contributed by atoms with van der Waals surface area (Å²) < 4.78 is 0. The predicted octanol–water partition coefficient (Wildman–Crippen LogP) is -0.252. The van der Waals surface area contributed by atoms with Crippen molar-refractivity contribution < 1.29 is 9.59 Å². The van der Waals surface area contributed by atoms with Crippen molar-refractivity contribution >= 4 is 23.4 Å². The summed E-state index contributed by atoms with van der Waals surface area (Å²) in [4.78, 5) is 30.1. The fourth-order valence-corrected chi connectivity index (χ4v) is 1.49. The molecule has 1 aliphatic rings. The minimum atomic E-state index is -0.356. The van der Waals surface area contributed by atoms with Crippen LogP contribution >= 0.6 is 11.6 Å². The molecule has 1 saturated heterocycles. The molecule has 0 saturated carbocycles. The molecule has 2 amide bonds. The molecule has 1 unspecified atom stereocenters. The SMILES string of the molecule is O=C1CC(NC(=O)c2cnc(Cl)cn2)CN1. The van der Waals surface area contributed by atoms with Gasteiger partial charge < -0.3 is 10.6 Å². The molecule has 0 aliphatic carbocycles. The second-order valence-electron chi connectivity index (χ2n) is 3.40. The van der Waals surface area contributed by atoms with E-state index < -0.39 is 0 Å². The summed E-state index contributed by atoms with van der Waals surface area (Å²) in [5.41, 5.74) is 0.184. The topological polar surface area (TPSA) is 84.0 Å². The third-order valence-electron chi connectivity index (χ3n) is 2.17. The van der Waals surface area contributed by atoms with Crippen molar-refractivity contribution in [3.8, 4) is 0 Å². The zero-order valence-electron chi connectivity index (χ0n) is 8.24. The molecule has 2 rings (SSSR count). The van der Waals surface area contributed by atoms with E-state index in [1.165, 1.54) is 12.4 Å². The zero-order chi connectivity index (χ0) is 11.5. The quantitative estimate of drug-likeness (QED) is 0.747. The first-order chi connectivity index (χ1) is 7.65. The molecular formula is C9H9ClN4O2. The van der Waals surface area contributed by atoms with Gasteiger partial charge in [-0.1, -0.05) is 11.6 Å². The molecular weight excluding hydrogens is 232 g/mol. The fraction of sp³-hybridized carbons (Fsp3) is 0.333. The van der Waals surface area contributed by atoms with E-state index >= 15 is 0 Å². The van der Waals surface area contributed by atoms with Gasteiger partial charge in [-0.3, -0.25) is 9.59 Å². The minimum Gasteiger partial charge on any atom is -0.354 e. The maximum Gasteiger partial charge on any atom is 0.271 e. The van der Waals surface area contributed by atoms with Gasteiger partial charge in [0, 0.05) is 13.0 Å². The largest absolute Gasteiger partial charge is 0.354 e. The van der Waals surface area contributed by atoms with Crippen LogP contribution < -0.4 is 10.6 Å². The van der Waals surface area contributed by atoms with Crippen LogP contribution in [0.25, 0.3) is 0 Å². The lowest BCUT2D eigenvalue weighted by atomic mass is 10.2. The van der Waals surface area contributed by atoms with Crippen LogP contribution in [0.3, 0.4) is 0 Å². The van der Waals surface area contributed by atoms with E-state index in [0.29, 0.717) is 13.0 Å². The number of halogens is 1. The van der Waals surface area contributed by atoms with Crippen molar-refractivity contribution in [1.29, 1.82) is 0 Å². The number of hydrogen-bond acceptors (Lipinski definition) is 4. The van der Waals surface area contributed by atoms with Crippen molar-refractivity contribution in [2.45, 2.75) is 12.5 Å². The van der Waals surface area contributed by atoms with Gasteiger partial charge in [-0.15, -0.1) is 0 Å². The van der Waals surface area contributed by atoms with Crippen LogP contribution in [0.15, 0.2) is 12.4 Å². The van der Waals surface area contributed by atoms with Crippen LogP contribution in [0.2, 0.25) is 5.15 Å². The highest BCUT2D eigenvalue weighted by Gasteiger charge is 2.23. The Balaban J connectivity index is 1.98. The summed E-state index contributed by atoms with van der Waals surface area (Å²) in [7, 11) is 0. The van der Waals surface area contributed by atoms with Gasteiger partial charge in [0.2, 0.25) is 5.91 Å². The Morgan fingerprint density at radius 2 is 2.31 bits per heavy atom. The molecule has 6 nitrogen and oxygen atoms in total. The van der Waals surface area contributed by atoms with Crippen molar-refractivity contribution in [2.24, 2.45) is 0 Å². The molecule has 0 aromatic carbocycles. The van der Waals surface area contributed by atoms with Gasteiger partial charge in [0.1, 0.15) is 10.8 Å². The first-order valence-corrected chi connectivity index (χ1v) is 5.08. The molecule has 1 fully saturated rings. The Bertz CT molecular complexity index is 420. The molecule has 1 aromatic heterocycles. The average molecular weight is 241 g/mol. The van der Waals surface area contributed by atoms with Crippen LogP contribution in [0, 0.1) is 0 Å². The Labute approximate surface area is 96.4 Å². The van der Waals surface area contributed by atoms with Crippen LogP contribution in [0.4, 0.5) is 0 Å². The number of carbonyl (C=O) groups excluding carboxylic acids is 2. The summed E-state index contributed by atoms with van der Waals surface area (Å²) >= 11 is 5.55. The monoisotopic (exact) mass is 240 g/mol. The number of aromatic nitrogens is 2. The van der Waals surface area contributed by atoms with Crippen molar-refractivity contribution in [3.63, 3.8) is 0 Å². The third kappa shape index (κ3) is 2.46. The second kappa shape index (κ2) is 4.44. The van der Waals surface area contributed by atoms with Gasteiger partial charge in [-0.25, -0.2) is 9.97 Å². The lowest BCUT2D eigenvalue weighted by Gasteiger charge is -2.09. The number of nitrogens with zero attached hydrogens (tertiary/aromatic N) is 2. The lowest BCUT2D eigenvalue weighted by molar-refractivity contribution is -0.119.